The molecule has 0 aliphatic carbocycles. The Hall–Kier alpha value is -1.92. The normalized spacial score (nSPS) is 21.2. The summed E-state index contributed by atoms with van der Waals surface area (Å²) in [5.74, 6) is 0.900. The van der Waals surface area contributed by atoms with Crippen LogP contribution in [0.4, 0.5) is 0 Å². The highest BCUT2D eigenvalue weighted by molar-refractivity contribution is 7.11. The quantitative estimate of drug-likeness (QED) is 0.592. The van der Waals surface area contributed by atoms with E-state index in [-0.39, 0.29) is 0 Å². The van der Waals surface area contributed by atoms with Gasteiger partial charge < -0.3 is 10.6 Å². The van der Waals surface area contributed by atoms with Crippen LogP contribution < -0.4 is 10.6 Å². The molecule has 1 aliphatic rings. The molecule has 2 aromatic rings. The van der Waals surface area contributed by atoms with E-state index in [9.17, 15) is 0 Å². The van der Waals surface area contributed by atoms with Crippen LogP contribution in [0.2, 0.25) is 0 Å². The van der Waals surface area contributed by atoms with Crippen molar-refractivity contribution in [3.05, 3.63) is 52.0 Å². The Morgan fingerprint density at radius 3 is 2.81 bits per heavy atom. The van der Waals surface area contributed by atoms with Gasteiger partial charge in [0, 0.05) is 56.3 Å². The van der Waals surface area contributed by atoms with E-state index in [4.69, 9.17) is 0 Å². The Labute approximate surface area is 166 Å². The van der Waals surface area contributed by atoms with Gasteiger partial charge in [-0.2, -0.15) is 0 Å². The number of hydrogen-bond donors (Lipinski definition) is 2. The maximum Gasteiger partial charge on any atom is 0.191 e. The summed E-state index contributed by atoms with van der Waals surface area (Å²) in [5.41, 5.74) is 1.39. The van der Waals surface area contributed by atoms with Crippen molar-refractivity contribution in [1.29, 1.82) is 0 Å². The van der Waals surface area contributed by atoms with Gasteiger partial charge in [-0.1, -0.05) is 30.3 Å². The first kappa shape index (κ1) is 19.8. The summed E-state index contributed by atoms with van der Waals surface area (Å²) < 4.78 is 0. The van der Waals surface area contributed by atoms with Crippen molar-refractivity contribution < 1.29 is 0 Å². The fraction of sp³-hybridized carbons (Fsp3) is 0.524. The van der Waals surface area contributed by atoms with E-state index in [1.165, 1.54) is 15.4 Å². The van der Waals surface area contributed by atoms with E-state index >= 15 is 0 Å². The molecule has 0 amide bonds. The van der Waals surface area contributed by atoms with Crippen LogP contribution in [0.3, 0.4) is 0 Å². The smallest absolute Gasteiger partial charge is 0.191 e. The molecule has 0 bridgehead atoms. The van der Waals surface area contributed by atoms with E-state index in [1.54, 1.807) is 11.3 Å². The van der Waals surface area contributed by atoms with Gasteiger partial charge in [0.1, 0.15) is 0 Å². The summed E-state index contributed by atoms with van der Waals surface area (Å²) >= 11 is 1.77. The SMILES string of the molecule is CN=C(NCCc1ncc(C)s1)NC1CCN(Cc2ccccc2)C(C)C1. The molecule has 2 atom stereocenters. The van der Waals surface area contributed by atoms with Crippen molar-refractivity contribution in [2.24, 2.45) is 4.99 Å². The molecule has 1 aromatic carbocycles. The molecule has 27 heavy (non-hydrogen) atoms. The maximum atomic E-state index is 4.42. The molecule has 0 spiro atoms. The number of hydrogen-bond acceptors (Lipinski definition) is 4. The van der Waals surface area contributed by atoms with Gasteiger partial charge in [-0.15, -0.1) is 11.3 Å². The standard InChI is InChI=1S/C21H31N5S/c1-16-13-19(10-12-26(16)15-18-7-5-4-6-8-18)25-21(22-3)23-11-9-20-24-14-17(2)27-20/h4-8,14,16,19H,9-13,15H2,1-3H3,(H2,22,23,25). The van der Waals surface area contributed by atoms with Gasteiger partial charge in [0.2, 0.25) is 0 Å². The van der Waals surface area contributed by atoms with Crippen LogP contribution in [-0.4, -0.2) is 48.1 Å². The number of benzene rings is 1. The van der Waals surface area contributed by atoms with Crippen LogP contribution >= 0.6 is 11.3 Å². The lowest BCUT2D eigenvalue weighted by Crippen LogP contribution is -2.51. The number of guanidine groups is 1. The number of nitrogens with one attached hydrogen (secondary N) is 2. The summed E-state index contributed by atoms with van der Waals surface area (Å²) in [6.45, 7) is 7.44. The summed E-state index contributed by atoms with van der Waals surface area (Å²) in [4.78, 5) is 12.7. The summed E-state index contributed by atoms with van der Waals surface area (Å²) in [6.07, 6.45) is 5.16. The van der Waals surface area contributed by atoms with E-state index in [2.05, 4.69) is 69.7 Å². The van der Waals surface area contributed by atoms with E-state index in [1.807, 2.05) is 13.2 Å². The first-order valence-electron chi connectivity index (χ1n) is 9.80. The zero-order valence-electron chi connectivity index (χ0n) is 16.6. The van der Waals surface area contributed by atoms with Crippen molar-refractivity contribution >= 4 is 17.3 Å². The molecule has 2 N–H and O–H groups in total. The molecule has 2 unspecified atom stereocenters. The third-order valence-electron chi connectivity index (χ3n) is 5.11. The van der Waals surface area contributed by atoms with Crippen LogP contribution in [0.15, 0.2) is 41.5 Å². The van der Waals surface area contributed by atoms with Gasteiger partial charge in [-0.25, -0.2) is 4.98 Å². The third-order valence-corrected chi connectivity index (χ3v) is 6.08. The number of nitrogens with zero attached hydrogens (tertiary/aromatic N) is 3. The van der Waals surface area contributed by atoms with Crippen molar-refractivity contribution in [2.45, 2.75) is 51.7 Å². The van der Waals surface area contributed by atoms with Crippen LogP contribution in [0.1, 0.15) is 35.2 Å². The minimum Gasteiger partial charge on any atom is -0.356 e. The van der Waals surface area contributed by atoms with E-state index in [0.29, 0.717) is 12.1 Å². The predicted octanol–water partition coefficient (Wildman–Crippen LogP) is 3.21. The van der Waals surface area contributed by atoms with Gasteiger partial charge in [0.05, 0.1) is 5.01 Å². The minimum absolute atomic E-state index is 0.473. The molecule has 146 valence electrons. The second-order valence-electron chi connectivity index (χ2n) is 7.28. The van der Waals surface area contributed by atoms with Gasteiger partial charge in [0.15, 0.2) is 5.96 Å². The second kappa shape index (κ2) is 9.85. The average molecular weight is 386 g/mol. The first-order chi connectivity index (χ1) is 13.1. The fourth-order valence-electron chi connectivity index (χ4n) is 3.60. The van der Waals surface area contributed by atoms with Gasteiger partial charge in [-0.05, 0) is 32.3 Å². The largest absolute Gasteiger partial charge is 0.356 e. The topological polar surface area (TPSA) is 52.6 Å². The molecule has 0 radical (unpaired) electrons. The minimum atomic E-state index is 0.473. The number of aliphatic imine (C=N–C) groups is 1. The van der Waals surface area contributed by atoms with Crippen molar-refractivity contribution in [3.8, 4) is 0 Å². The lowest BCUT2D eigenvalue weighted by atomic mass is 9.97. The van der Waals surface area contributed by atoms with Crippen LogP contribution in [-0.2, 0) is 13.0 Å². The molecular weight excluding hydrogens is 354 g/mol. The number of rotatable bonds is 6. The molecule has 3 rings (SSSR count). The lowest BCUT2D eigenvalue weighted by molar-refractivity contribution is 0.134. The Bertz CT molecular complexity index is 727. The molecule has 5 nitrogen and oxygen atoms in total. The van der Waals surface area contributed by atoms with E-state index in [0.717, 1.165) is 44.9 Å². The Morgan fingerprint density at radius 2 is 2.15 bits per heavy atom. The summed E-state index contributed by atoms with van der Waals surface area (Å²) in [5, 5.41) is 8.22. The molecule has 1 fully saturated rings. The second-order valence-corrected chi connectivity index (χ2v) is 8.60. The molecule has 2 heterocycles. The van der Waals surface area contributed by atoms with Crippen molar-refractivity contribution in [3.63, 3.8) is 0 Å². The highest BCUT2D eigenvalue weighted by Gasteiger charge is 2.25. The number of aryl methyl sites for hydroxylation is 1. The number of piperidine rings is 1. The summed E-state index contributed by atoms with van der Waals surface area (Å²) in [7, 11) is 1.84. The molecule has 0 saturated carbocycles. The first-order valence-corrected chi connectivity index (χ1v) is 10.6. The maximum absolute atomic E-state index is 4.42. The zero-order valence-corrected chi connectivity index (χ0v) is 17.4. The van der Waals surface area contributed by atoms with Gasteiger partial charge in [0.25, 0.3) is 0 Å². The number of aromatic nitrogens is 1. The Balaban J connectivity index is 1.42. The highest BCUT2D eigenvalue weighted by Crippen LogP contribution is 2.20. The Kier molecular flexibility index (Phi) is 7.24. The number of likely N-dealkylation sites (tertiary alicyclic amines) is 1. The van der Waals surface area contributed by atoms with E-state index < -0.39 is 0 Å². The number of thiazole rings is 1. The molecule has 1 aromatic heterocycles. The average Bonchev–Trinajstić information content (AvgIpc) is 3.09. The molecule has 6 heteroatoms. The van der Waals surface area contributed by atoms with Crippen LogP contribution in [0.5, 0.6) is 0 Å². The monoisotopic (exact) mass is 385 g/mol. The Morgan fingerprint density at radius 1 is 1.33 bits per heavy atom. The van der Waals surface area contributed by atoms with Gasteiger partial charge >= 0.3 is 0 Å². The van der Waals surface area contributed by atoms with Crippen LogP contribution in [0.25, 0.3) is 0 Å². The molecule has 1 aliphatic heterocycles. The fourth-order valence-corrected chi connectivity index (χ4v) is 4.38. The summed E-state index contributed by atoms with van der Waals surface area (Å²) in [6, 6.07) is 11.8. The zero-order chi connectivity index (χ0) is 19.1. The molecular formula is C21H31N5S. The van der Waals surface area contributed by atoms with Gasteiger partial charge in [-0.3, -0.25) is 9.89 Å². The molecule has 1 saturated heterocycles. The predicted molar refractivity (Wildman–Crippen MR) is 114 cm³/mol. The van der Waals surface area contributed by atoms with Crippen LogP contribution in [0, 0.1) is 6.92 Å². The van der Waals surface area contributed by atoms with Crippen molar-refractivity contribution in [2.75, 3.05) is 20.1 Å². The lowest BCUT2D eigenvalue weighted by Gasteiger charge is -2.38. The third kappa shape index (κ3) is 6.04. The van der Waals surface area contributed by atoms with Crippen molar-refractivity contribution in [1.82, 2.24) is 20.5 Å². The highest BCUT2D eigenvalue weighted by atomic mass is 32.1.